The number of benzene rings is 1. The molecule has 1 saturated heterocycles. The SMILES string of the molecule is CC1(C)Cc2ccccc2C(CC(=O)C2CCNCC2)=N1. The van der Waals surface area contributed by atoms with Gasteiger partial charge in [-0.05, 0) is 57.3 Å². The Bertz CT molecular complexity index is 568. The third kappa shape index (κ3) is 3.24. The number of nitrogens with zero attached hydrogens (tertiary/aromatic N) is 1. The molecule has 0 saturated carbocycles. The summed E-state index contributed by atoms with van der Waals surface area (Å²) in [4.78, 5) is 17.4. The van der Waals surface area contributed by atoms with E-state index < -0.39 is 0 Å². The average molecular weight is 284 g/mol. The van der Waals surface area contributed by atoms with E-state index in [0.29, 0.717) is 12.2 Å². The predicted octanol–water partition coefficient (Wildman–Crippen LogP) is 2.77. The molecule has 2 heterocycles. The number of piperidine rings is 1. The third-order valence-corrected chi connectivity index (χ3v) is 4.53. The molecule has 0 atom stereocenters. The third-order valence-electron chi connectivity index (χ3n) is 4.53. The van der Waals surface area contributed by atoms with Crippen molar-refractivity contribution in [2.45, 2.75) is 45.1 Å². The molecule has 21 heavy (non-hydrogen) atoms. The second-order valence-electron chi connectivity index (χ2n) is 6.87. The lowest BCUT2D eigenvalue weighted by molar-refractivity contribution is -0.122. The highest BCUT2D eigenvalue weighted by molar-refractivity contribution is 6.13. The Morgan fingerprint density at radius 3 is 2.76 bits per heavy atom. The number of hydrogen-bond donors (Lipinski definition) is 1. The number of rotatable bonds is 3. The zero-order valence-electron chi connectivity index (χ0n) is 13.0. The summed E-state index contributed by atoms with van der Waals surface area (Å²) >= 11 is 0. The number of Topliss-reactive ketones (excluding diaryl/α,β-unsaturated/α-hetero) is 1. The maximum Gasteiger partial charge on any atom is 0.142 e. The number of carbonyl (C=O) groups is 1. The molecule has 0 amide bonds. The van der Waals surface area contributed by atoms with Crippen LogP contribution in [0.15, 0.2) is 29.3 Å². The van der Waals surface area contributed by atoms with Crippen LogP contribution in [0.4, 0.5) is 0 Å². The Hall–Kier alpha value is -1.48. The monoisotopic (exact) mass is 284 g/mol. The van der Waals surface area contributed by atoms with Gasteiger partial charge < -0.3 is 5.32 Å². The summed E-state index contributed by atoms with van der Waals surface area (Å²) in [6.07, 6.45) is 3.38. The highest BCUT2D eigenvalue weighted by atomic mass is 16.1. The molecule has 3 nitrogen and oxygen atoms in total. The molecule has 1 aromatic carbocycles. The van der Waals surface area contributed by atoms with Crippen LogP contribution >= 0.6 is 0 Å². The fourth-order valence-electron chi connectivity index (χ4n) is 3.48. The van der Waals surface area contributed by atoms with Gasteiger partial charge in [0, 0.05) is 12.3 Å². The van der Waals surface area contributed by atoms with E-state index >= 15 is 0 Å². The van der Waals surface area contributed by atoms with E-state index in [1.54, 1.807) is 0 Å². The van der Waals surface area contributed by atoms with E-state index in [1.165, 1.54) is 11.1 Å². The minimum absolute atomic E-state index is 0.0991. The van der Waals surface area contributed by atoms with E-state index in [2.05, 4.69) is 37.4 Å². The lowest BCUT2D eigenvalue weighted by Crippen LogP contribution is -2.34. The van der Waals surface area contributed by atoms with Crippen LogP contribution in [0.3, 0.4) is 0 Å². The Balaban J connectivity index is 1.82. The van der Waals surface area contributed by atoms with Gasteiger partial charge in [-0.3, -0.25) is 9.79 Å². The van der Waals surface area contributed by atoms with Crippen LogP contribution in [-0.2, 0) is 11.2 Å². The molecule has 112 valence electrons. The number of fused-ring (bicyclic) bond motifs is 1. The Morgan fingerprint density at radius 1 is 1.29 bits per heavy atom. The number of ketones is 1. The molecule has 3 rings (SSSR count). The van der Waals surface area contributed by atoms with Crippen LogP contribution in [0.1, 0.15) is 44.2 Å². The van der Waals surface area contributed by atoms with Crippen molar-refractivity contribution >= 4 is 11.5 Å². The maximum atomic E-state index is 12.6. The molecular formula is C18H24N2O. The zero-order chi connectivity index (χ0) is 14.9. The molecule has 1 aromatic rings. The summed E-state index contributed by atoms with van der Waals surface area (Å²) in [5, 5.41) is 3.32. The van der Waals surface area contributed by atoms with Crippen LogP contribution in [0, 0.1) is 5.92 Å². The molecule has 0 aromatic heterocycles. The van der Waals surface area contributed by atoms with Gasteiger partial charge in [-0.25, -0.2) is 0 Å². The second kappa shape index (κ2) is 5.72. The van der Waals surface area contributed by atoms with Crippen molar-refractivity contribution in [1.82, 2.24) is 5.32 Å². The van der Waals surface area contributed by atoms with Crippen LogP contribution in [0.5, 0.6) is 0 Å². The van der Waals surface area contributed by atoms with E-state index in [1.807, 2.05) is 6.07 Å². The van der Waals surface area contributed by atoms with Crippen LogP contribution in [0.2, 0.25) is 0 Å². The first-order valence-corrected chi connectivity index (χ1v) is 7.96. The van der Waals surface area contributed by atoms with Crippen molar-refractivity contribution in [2.75, 3.05) is 13.1 Å². The second-order valence-corrected chi connectivity index (χ2v) is 6.87. The van der Waals surface area contributed by atoms with Crippen LogP contribution in [-0.4, -0.2) is 30.1 Å². The van der Waals surface area contributed by atoms with E-state index in [0.717, 1.165) is 38.1 Å². The van der Waals surface area contributed by atoms with Gasteiger partial charge in [-0.1, -0.05) is 24.3 Å². The largest absolute Gasteiger partial charge is 0.317 e. The summed E-state index contributed by atoms with van der Waals surface area (Å²) in [6, 6.07) is 8.40. The zero-order valence-corrected chi connectivity index (χ0v) is 13.0. The number of hydrogen-bond acceptors (Lipinski definition) is 3. The summed E-state index contributed by atoms with van der Waals surface area (Å²) in [6.45, 7) is 6.23. The van der Waals surface area contributed by atoms with Crippen molar-refractivity contribution in [1.29, 1.82) is 0 Å². The molecule has 2 aliphatic heterocycles. The highest BCUT2D eigenvalue weighted by Gasteiger charge is 2.29. The summed E-state index contributed by atoms with van der Waals surface area (Å²) in [5.41, 5.74) is 3.40. The van der Waals surface area contributed by atoms with Gasteiger partial charge in [-0.2, -0.15) is 0 Å². The maximum absolute atomic E-state index is 12.6. The first kappa shape index (κ1) is 14.5. The average Bonchev–Trinajstić information content (AvgIpc) is 2.47. The molecule has 0 aliphatic carbocycles. The van der Waals surface area contributed by atoms with Crippen molar-refractivity contribution in [3.05, 3.63) is 35.4 Å². The summed E-state index contributed by atoms with van der Waals surface area (Å²) < 4.78 is 0. The quantitative estimate of drug-likeness (QED) is 0.927. The lowest BCUT2D eigenvalue weighted by Gasteiger charge is -2.30. The van der Waals surface area contributed by atoms with E-state index in [4.69, 9.17) is 4.99 Å². The smallest absolute Gasteiger partial charge is 0.142 e. The molecule has 0 unspecified atom stereocenters. The van der Waals surface area contributed by atoms with E-state index in [-0.39, 0.29) is 11.5 Å². The molecule has 2 aliphatic rings. The van der Waals surface area contributed by atoms with Gasteiger partial charge in [-0.15, -0.1) is 0 Å². The standard InChI is InChI=1S/C18H24N2O/c1-18(2)12-14-5-3-4-6-15(14)16(20-18)11-17(21)13-7-9-19-10-8-13/h3-6,13,19H,7-12H2,1-2H3. The van der Waals surface area contributed by atoms with Crippen molar-refractivity contribution in [3.8, 4) is 0 Å². The van der Waals surface area contributed by atoms with Crippen molar-refractivity contribution < 1.29 is 4.79 Å². The first-order chi connectivity index (χ1) is 10.1. The van der Waals surface area contributed by atoms with Crippen LogP contribution < -0.4 is 5.32 Å². The van der Waals surface area contributed by atoms with Gasteiger partial charge in [0.2, 0.25) is 0 Å². The number of nitrogens with one attached hydrogen (secondary N) is 1. The Labute approximate surface area is 126 Å². The van der Waals surface area contributed by atoms with Crippen LogP contribution in [0.25, 0.3) is 0 Å². The predicted molar refractivity (Wildman–Crippen MR) is 86.0 cm³/mol. The first-order valence-electron chi connectivity index (χ1n) is 7.96. The Morgan fingerprint density at radius 2 is 2.00 bits per heavy atom. The molecular weight excluding hydrogens is 260 g/mol. The van der Waals surface area contributed by atoms with Gasteiger partial charge >= 0.3 is 0 Å². The molecule has 1 N–H and O–H groups in total. The lowest BCUT2D eigenvalue weighted by atomic mass is 9.83. The van der Waals surface area contributed by atoms with Crippen molar-refractivity contribution in [2.24, 2.45) is 10.9 Å². The van der Waals surface area contributed by atoms with Gasteiger partial charge in [0.05, 0.1) is 11.3 Å². The highest BCUT2D eigenvalue weighted by Crippen LogP contribution is 2.28. The normalized spacial score (nSPS) is 21.5. The molecule has 1 fully saturated rings. The van der Waals surface area contributed by atoms with Gasteiger partial charge in [0.1, 0.15) is 5.78 Å². The molecule has 0 radical (unpaired) electrons. The molecule has 0 spiro atoms. The molecule has 3 heteroatoms. The van der Waals surface area contributed by atoms with Gasteiger partial charge in [0.25, 0.3) is 0 Å². The molecule has 0 bridgehead atoms. The fraction of sp³-hybridized carbons (Fsp3) is 0.556. The summed E-state index contributed by atoms with van der Waals surface area (Å²) in [7, 11) is 0. The van der Waals surface area contributed by atoms with Gasteiger partial charge in [0.15, 0.2) is 0 Å². The van der Waals surface area contributed by atoms with E-state index in [9.17, 15) is 4.79 Å². The number of carbonyl (C=O) groups excluding carboxylic acids is 1. The minimum atomic E-state index is -0.0991. The Kier molecular flexibility index (Phi) is 3.94. The fourth-order valence-corrected chi connectivity index (χ4v) is 3.48. The minimum Gasteiger partial charge on any atom is -0.317 e. The summed E-state index contributed by atoms with van der Waals surface area (Å²) in [5.74, 6) is 0.578. The topological polar surface area (TPSA) is 41.5 Å². The number of aliphatic imine (C=N–C) groups is 1. The van der Waals surface area contributed by atoms with Crippen molar-refractivity contribution in [3.63, 3.8) is 0 Å².